The van der Waals surface area contributed by atoms with Crippen molar-refractivity contribution in [2.75, 3.05) is 19.7 Å². The molecule has 0 aliphatic carbocycles. The summed E-state index contributed by atoms with van der Waals surface area (Å²) in [6.45, 7) is 2.66. The van der Waals surface area contributed by atoms with E-state index in [-0.39, 0.29) is 23.3 Å². The zero-order valence-electron chi connectivity index (χ0n) is 17.5. The van der Waals surface area contributed by atoms with Gasteiger partial charge in [0, 0.05) is 62.7 Å². The van der Waals surface area contributed by atoms with Gasteiger partial charge in [0.05, 0.1) is 12.2 Å². The van der Waals surface area contributed by atoms with Crippen LogP contribution in [0.15, 0.2) is 47.5 Å². The van der Waals surface area contributed by atoms with Crippen LogP contribution in [0.1, 0.15) is 34.0 Å². The number of amides is 1. The van der Waals surface area contributed by atoms with Crippen molar-refractivity contribution in [1.82, 2.24) is 19.0 Å². The van der Waals surface area contributed by atoms with Gasteiger partial charge in [0.1, 0.15) is 11.6 Å². The van der Waals surface area contributed by atoms with Crippen LogP contribution in [-0.4, -0.2) is 44.6 Å². The lowest BCUT2D eigenvalue weighted by atomic mass is 9.82. The number of imidazole rings is 1. The second kappa shape index (κ2) is 6.83. The summed E-state index contributed by atoms with van der Waals surface area (Å²) in [5, 5.41) is 0. The largest absolute Gasteiger partial charge is 0.493 e. The van der Waals surface area contributed by atoms with Crippen molar-refractivity contribution in [3.05, 3.63) is 69.9 Å². The Morgan fingerprint density at radius 3 is 2.90 bits per heavy atom. The number of carbonyl (C=O) groups is 1. The summed E-state index contributed by atoms with van der Waals surface area (Å²) in [6, 6.07) is 9.69. The molecule has 1 saturated heterocycles. The van der Waals surface area contributed by atoms with Crippen LogP contribution in [0, 0.1) is 5.92 Å². The van der Waals surface area contributed by atoms with Crippen LogP contribution in [-0.2, 0) is 20.0 Å². The summed E-state index contributed by atoms with van der Waals surface area (Å²) >= 11 is 0. The number of nitrogens with zero attached hydrogens (tertiary/aromatic N) is 4. The van der Waals surface area contributed by atoms with Gasteiger partial charge in [-0.3, -0.25) is 9.59 Å². The molecular formula is C24H24N4O3. The fraction of sp³-hybridized carbons (Fsp3) is 0.375. The molecule has 158 valence electrons. The number of pyridine rings is 1. The van der Waals surface area contributed by atoms with E-state index in [1.807, 2.05) is 57.6 Å². The molecule has 3 aromatic rings. The lowest BCUT2D eigenvalue weighted by Gasteiger charge is -2.43. The second-order valence-corrected chi connectivity index (χ2v) is 8.88. The number of hydrogen-bond acceptors (Lipinski definition) is 4. The van der Waals surface area contributed by atoms with Gasteiger partial charge in [0.15, 0.2) is 0 Å². The van der Waals surface area contributed by atoms with E-state index in [0.717, 1.165) is 35.4 Å². The standard InChI is InChI=1S/C24H24N4O3/c1-26-8-7-25-22(26)19-3-4-20-18-10-15(13-28(20)24(19)30)12-27(14-18)23(29)17-2-5-21-16(11-17)6-9-31-21/h2-5,7-8,11,15,18H,6,9-10,12-14H2,1H3/t15-,18+/m0/s1. The van der Waals surface area contributed by atoms with E-state index in [1.165, 1.54) is 0 Å². The maximum Gasteiger partial charge on any atom is 0.261 e. The van der Waals surface area contributed by atoms with Crippen LogP contribution in [0.3, 0.4) is 0 Å². The van der Waals surface area contributed by atoms with Crippen LogP contribution in [0.4, 0.5) is 0 Å². The molecule has 0 unspecified atom stereocenters. The third kappa shape index (κ3) is 2.91. The van der Waals surface area contributed by atoms with Crippen molar-refractivity contribution in [3.8, 4) is 17.1 Å². The molecule has 2 atom stereocenters. The van der Waals surface area contributed by atoms with Gasteiger partial charge in [0.25, 0.3) is 11.5 Å². The Morgan fingerprint density at radius 1 is 1.16 bits per heavy atom. The van der Waals surface area contributed by atoms with Gasteiger partial charge in [0.2, 0.25) is 0 Å². The zero-order chi connectivity index (χ0) is 21.1. The third-order valence-electron chi connectivity index (χ3n) is 6.89. The lowest BCUT2D eigenvalue weighted by molar-refractivity contribution is 0.0594. The van der Waals surface area contributed by atoms with E-state index in [2.05, 4.69) is 4.98 Å². The first kappa shape index (κ1) is 18.4. The van der Waals surface area contributed by atoms with Gasteiger partial charge in [-0.05, 0) is 48.2 Å². The van der Waals surface area contributed by atoms with Crippen molar-refractivity contribution >= 4 is 5.91 Å². The predicted molar refractivity (Wildman–Crippen MR) is 115 cm³/mol. The van der Waals surface area contributed by atoms with Crippen LogP contribution in [0.5, 0.6) is 5.75 Å². The second-order valence-electron chi connectivity index (χ2n) is 8.88. The number of fused-ring (bicyclic) bond motifs is 5. The quantitative estimate of drug-likeness (QED) is 0.644. The number of rotatable bonds is 2. The van der Waals surface area contributed by atoms with Gasteiger partial charge >= 0.3 is 0 Å². The van der Waals surface area contributed by atoms with E-state index in [9.17, 15) is 9.59 Å². The Bertz CT molecular complexity index is 1260. The summed E-state index contributed by atoms with van der Waals surface area (Å²) in [4.78, 5) is 32.8. The summed E-state index contributed by atoms with van der Waals surface area (Å²) < 4.78 is 9.35. The average Bonchev–Trinajstić information content (AvgIpc) is 3.42. The van der Waals surface area contributed by atoms with E-state index >= 15 is 0 Å². The molecule has 0 spiro atoms. The molecule has 7 heteroatoms. The minimum Gasteiger partial charge on any atom is -0.493 e. The number of aryl methyl sites for hydroxylation is 1. The molecule has 1 amide bonds. The molecule has 1 aromatic carbocycles. The number of piperidine rings is 1. The van der Waals surface area contributed by atoms with E-state index in [1.54, 1.807) is 6.20 Å². The molecule has 7 nitrogen and oxygen atoms in total. The molecule has 0 radical (unpaired) electrons. The summed E-state index contributed by atoms with van der Waals surface area (Å²) in [7, 11) is 1.90. The number of hydrogen-bond donors (Lipinski definition) is 0. The first-order chi connectivity index (χ1) is 15.1. The maximum absolute atomic E-state index is 13.3. The highest BCUT2D eigenvalue weighted by Gasteiger charge is 2.37. The van der Waals surface area contributed by atoms with Gasteiger partial charge in [-0.2, -0.15) is 0 Å². The van der Waals surface area contributed by atoms with Crippen molar-refractivity contribution in [1.29, 1.82) is 0 Å². The number of carbonyl (C=O) groups excluding carboxylic acids is 1. The zero-order valence-corrected chi connectivity index (χ0v) is 17.5. The molecule has 3 aliphatic rings. The third-order valence-corrected chi connectivity index (χ3v) is 6.89. The fourth-order valence-corrected chi connectivity index (χ4v) is 5.41. The van der Waals surface area contributed by atoms with Crippen molar-refractivity contribution < 1.29 is 9.53 Å². The van der Waals surface area contributed by atoms with Gasteiger partial charge < -0.3 is 18.8 Å². The number of benzene rings is 1. The normalized spacial score (nSPS) is 21.4. The predicted octanol–water partition coefficient (Wildman–Crippen LogP) is 2.44. The minimum atomic E-state index is 0.0138. The molecule has 0 N–H and O–H groups in total. The van der Waals surface area contributed by atoms with E-state index in [4.69, 9.17) is 4.74 Å². The van der Waals surface area contributed by atoms with E-state index < -0.39 is 0 Å². The SMILES string of the molecule is Cn1ccnc1-c1ccc2n(c1=O)C[C@H]1C[C@@H]2CN(C(=O)c2ccc3c(c2)CCO3)C1. The minimum absolute atomic E-state index is 0.0138. The highest BCUT2D eigenvalue weighted by molar-refractivity contribution is 5.94. The number of aromatic nitrogens is 3. The Kier molecular flexibility index (Phi) is 4.06. The Labute approximate surface area is 179 Å². The molecule has 1 fully saturated rings. The molecule has 2 bridgehead atoms. The lowest BCUT2D eigenvalue weighted by Crippen LogP contribution is -2.49. The highest BCUT2D eigenvalue weighted by Crippen LogP contribution is 2.36. The maximum atomic E-state index is 13.3. The first-order valence-corrected chi connectivity index (χ1v) is 10.8. The van der Waals surface area contributed by atoms with Crippen LogP contribution in [0.2, 0.25) is 0 Å². The van der Waals surface area contributed by atoms with Gasteiger partial charge in [-0.25, -0.2) is 4.98 Å². The van der Waals surface area contributed by atoms with Crippen LogP contribution < -0.4 is 10.3 Å². The monoisotopic (exact) mass is 416 g/mol. The Morgan fingerprint density at radius 2 is 2.06 bits per heavy atom. The molecule has 31 heavy (non-hydrogen) atoms. The number of likely N-dealkylation sites (tertiary alicyclic amines) is 1. The average molecular weight is 416 g/mol. The summed E-state index contributed by atoms with van der Waals surface area (Å²) in [5.74, 6) is 2.11. The molecule has 5 heterocycles. The smallest absolute Gasteiger partial charge is 0.261 e. The van der Waals surface area contributed by atoms with E-state index in [0.29, 0.717) is 37.6 Å². The summed E-state index contributed by atoms with van der Waals surface area (Å²) in [5.41, 5.74) is 3.51. The van der Waals surface area contributed by atoms with Crippen LogP contribution in [0.25, 0.3) is 11.4 Å². The Hall–Kier alpha value is -3.35. The molecule has 0 saturated carbocycles. The Balaban J connectivity index is 1.30. The summed E-state index contributed by atoms with van der Waals surface area (Å²) in [6.07, 6.45) is 5.43. The van der Waals surface area contributed by atoms with Crippen LogP contribution >= 0.6 is 0 Å². The molecule has 2 aromatic heterocycles. The molecule has 6 rings (SSSR count). The molecular weight excluding hydrogens is 392 g/mol. The number of ether oxygens (including phenoxy) is 1. The van der Waals surface area contributed by atoms with Crippen molar-refractivity contribution in [3.63, 3.8) is 0 Å². The van der Waals surface area contributed by atoms with Gasteiger partial charge in [-0.15, -0.1) is 0 Å². The highest BCUT2D eigenvalue weighted by atomic mass is 16.5. The van der Waals surface area contributed by atoms with Crippen molar-refractivity contribution in [2.24, 2.45) is 13.0 Å². The molecule has 3 aliphatic heterocycles. The van der Waals surface area contributed by atoms with Gasteiger partial charge in [-0.1, -0.05) is 0 Å². The van der Waals surface area contributed by atoms with Crippen molar-refractivity contribution in [2.45, 2.75) is 25.3 Å². The first-order valence-electron chi connectivity index (χ1n) is 10.8. The fourth-order valence-electron chi connectivity index (χ4n) is 5.41. The topological polar surface area (TPSA) is 69.4 Å².